The van der Waals surface area contributed by atoms with Gasteiger partial charge in [-0.25, -0.2) is 0 Å². The topological polar surface area (TPSA) is 0 Å². The molecule has 0 nitrogen and oxygen atoms in total. The molecule has 0 N–H and O–H groups in total. The van der Waals surface area contributed by atoms with Crippen molar-refractivity contribution >= 4 is 8.07 Å². The van der Waals surface area contributed by atoms with Gasteiger partial charge >= 0.3 is 25.5 Å². The van der Waals surface area contributed by atoms with Crippen LogP contribution in [-0.4, -0.2) is 25.5 Å². The van der Waals surface area contributed by atoms with Crippen molar-refractivity contribution < 1.29 is 39.5 Å². The van der Waals surface area contributed by atoms with Crippen molar-refractivity contribution in [3.05, 3.63) is 23.4 Å². The van der Waals surface area contributed by atoms with E-state index in [4.69, 9.17) is 0 Å². The Bertz CT molecular complexity index is 345. The zero-order valence-electron chi connectivity index (χ0n) is 8.26. The standard InChI is InChI=1S/C8H4F9Si/c9-6(10,11)18(7(12,13)14,8(15,16)17)5-3-1-2-4-5/h1,3H,2H2. The van der Waals surface area contributed by atoms with Gasteiger partial charge in [-0.15, -0.1) is 0 Å². The molecule has 103 valence electrons. The molecule has 0 aliphatic heterocycles. The Morgan fingerprint density at radius 3 is 1.44 bits per heavy atom. The van der Waals surface area contributed by atoms with E-state index in [1.54, 1.807) is 0 Å². The molecule has 0 saturated heterocycles. The number of hydrogen-bond acceptors (Lipinski definition) is 0. The third kappa shape index (κ3) is 1.95. The molecule has 1 aliphatic carbocycles. The Morgan fingerprint density at radius 1 is 0.833 bits per heavy atom. The lowest BCUT2D eigenvalue weighted by Crippen LogP contribution is -2.72. The second-order valence-corrected chi connectivity index (χ2v) is 7.18. The van der Waals surface area contributed by atoms with Crippen LogP contribution in [0, 0.1) is 6.08 Å². The molecule has 0 amide bonds. The number of alkyl halides is 9. The summed E-state index contributed by atoms with van der Waals surface area (Å²) in [4.78, 5) is 0. The molecule has 0 unspecified atom stereocenters. The van der Waals surface area contributed by atoms with Crippen molar-refractivity contribution in [1.82, 2.24) is 0 Å². The number of rotatable bonds is 1. The van der Waals surface area contributed by atoms with E-state index in [2.05, 4.69) is 0 Å². The monoisotopic (exact) mass is 299 g/mol. The number of halogens is 9. The van der Waals surface area contributed by atoms with Crippen LogP contribution >= 0.6 is 0 Å². The molecule has 0 aromatic heterocycles. The number of hydrogen-bond donors (Lipinski definition) is 0. The molecule has 1 radical (unpaired) electrons. The zero-order chi connectivity index (χ0) is 14.4. The van der Waals surface area contributed by atoms with E-state index in [9.17, 15) is 39.5 Å². The zero-order valence-corrected chi connectivity index (χ0v) is 9.26. The minimum Gasteiger partial charge on any atom is -0.175 e. The van der Waals surface area contributed by atoms with Gasteiger partial charge in [0.15, 0.2) is 0 Å². The largest absolute Gasteiger partial charge is 0.453 e. The van der Waals surface area contributed by atoms with Crippen molar-refractivity contribution in [2.75, 3.05) is 0 Å². The van der Waals surface area contributed by atoms with Crippen LogP contribution in [-0.2, 0) is 0 Å². The molecular weight excluding hydrogens is 295 g/mol. The fourth-order valence-corrected chi connectivity index (χ4v) is 4.22. The molecule has 0 atom stereocenters. The predicted octanol–water partition coefficient (Wildman–Crippen LogP) is 3.97. The van der Waals surface area contributed by atoms with Gasteiger partial charge in [0.25, 0.3) is 0 Å². The van der Waals surface area contributed by atoms with E-state index >= 15 is 0 Å². The molecular formula is C8H4F9Si. The Hall–Kier alpha value is -0.933. The van der Waals surface area contributed by atoms with Crippen molar-refractivity contribution in [3.63, 3.8) is 0 Å². The fraction of sp³-hybridized carbons (Fsp3) is 0.500. The average molecular weight is 299 g/mol. The highest BCUT2D eigenvalue weighted by Gasteiger charge is 2.88. The predicted molar refractivity (Wildman–Crippen MR) is 44.4 cm³/mol. The second-order valence-electron chi connectivity index (χ2n) is 3.44. The van der Waals surface area contributed by atoms with Gasteiger partial charge < -0.3 is 0 Å². The summed E-state index contributed by atoms with van der Waals surface area (Å²) in [5, 5.41) is -1.82. The smallest absolute Gasteiger partial charge is 0.175 e. The highest BCUT2D eigenvalue weighted by atomic mass is 28.3. The fourth-order valence-electron chi connectivity index (χ4n) is 1.60. The SMILES string of the molecule is FC(F)(F)[Si](C1=[C]CC=C1)(C(F)(F)F)C(F)(F)F. The average Bonchev–Trinajstić information content (AvgIpc) is 2.48. The molecule has 18 heavy (non-hydrogen) atoms. The van der Waals surface area contributed by atoms with Crippen LogP contribution in [0.5, 0.6) is 0 Å². The summed E-state index contributed by atoms with van der Waals surface area (Å²) in [6, 6.07) is 0. The van der Waals surface area contributed by atoms with Gasteiger partial charge in [-0.05, 0) is 17.7 Å². The highest BCUT2D eigenvalue weighted by molar-refractivity contribution is 6.92. The summed E-state index contributed by atoms with van der Waals surface area (Å²) in [6.45, 7) is 0. The molecule has 10 heteroatoms. The number of allylic oxidation sites excluding steroid dienone is 4. The maximum atomic E-state index is 12.5. The van der Waals surface area contributed by atoms with Crippen LogP contribution in [0.15, 0.2) is 17.3 Å². The first-order valence-electron chi connectivity index (χ1n) is 4.33. The van der Waals surface area contributed by atoms with E-state index in [1.807, 2.05) is 0 Å². The third-order valence-corrected chi connectivity index (χ3v) is 6.08. The summed E-state index contributed by atoms with van der Waals surface area (Å²) >= 11 is 0. The lowest BCUT2D eigenvalue weighted by molar-refractivity contribution is -0.160. The van der Waals surface area contributed by atoms with Gasteiger partial charge in [0.1, 0.15) is 0 Å². The normalized spacial score (nSPS) is 18.2. The van der Waals surface area contributed by atoms with Crippen molar-refractivity contribution in [3.8, 4) is 0 Å². The molecule has 0 spiro atoms. The van der Waals surface area contributed by atoms with E-state index in [-0.39, 0.29) is 6.08 Å². The van der Waals surface area contributed by atoms with E-state index in [0.29, 0.717) is 0 Å². The molecule has 0 aromatic carbocycles. The molecule has 0 saturated carbocycles. The van der Waals surface area contributed by atoms with Crippen LogP contribution < -0.4 is 0 Å². The summed E-state index contributed by atoms with van der Waals surface area (Å²) in [7, 11) is -7.75. The highest BCUT2D eigenvalue weighted by Crippen LogP contribution is 2.54. The van der Waals surface area contributed by atoms with Crippen LogP contribution in [0.1, 0.15) is 6.42 Å². The van der Waals surface area contributed by atoms with Crippen LogP contribution in [0.2, 0.25) is 0 Å². The summed E-state index contributed by atoms with van der Waals surface area (Å²) in [5.74, 6) is -19.2. The van der Waals surface area contributed by atoms with Gasteiger partial charge in [-0.3, -0.25) is 0 Å². The van der Waals surface area contributed by atoms with Crippen molar-refractivity contribution in [2.45, 2.75) is 23.8 Å². The first-order valence-corrected chi connectivity index (χ1v) is 6.33. The summed E-state index contributed by atoms with van der Waals surface area (Å²) in [6.07, 6.45) is 2.02. The molecule has 0 aromatic rings. The molecule has 0 fully saturated rings. The van der Waals surface area contributed by atoms with Crippen LogP contribution in [0.25, 0.3) is 0 Å². The quantitative estimate of drug-likeness (QED) is 0.508. The Balaban J connectivity index is 3.63. The summed E-state index contributed by atoms with van der Waals surface area (Å²) < 4.78 is 113. The first kappa shape index (κ1) is 15.1. The van der Waals surface area contributed by atoms with Gasteiger partial charge in [-0.2, -0.15) is 39.5 Å². The van der Waals surface area contributed by atoms with E-state index in [0.717, 1.165) is 6.08 Å². The van der Waals surface area contributed by atoms with Gasteiger partial charge in [0.05, 0.1) is 0 Å². The lowest BCUT2D eigenvalue weighted by Gasteiger charge is -2.36. The van der Waals surface area contributed by atoms with Gasteiger partial charge in [-0.1, -0.05) is 12.2 Å². The van der Waals surface area contributed by atoms with Crippen LogP contribution in [0.4, 0.5) is 39.5 Å². The molecule has 0 bridgehead atoms. The Labute approximate surface area is 95.8 Å². The van der Waals surface area contributed by atoms with Gasteiger partial charge in [0, 0.05) is 0 Å². The van der Waals surface area contributed by atoms with Gasteiger partial charge in [0.2, 0.25) is 0 Å². The van der Waals surface area contributed by atoms with E-state index in [1.165, 1.54) is 6.08 Å². The second kappa shape index (κ2) is 4.03. The van der Waals surface area contributed by atoms with Crippen molar-refractivity contribution in [1.29, 1.82) is 0 Å². The van der Waals surface area contributed by atoms with Crippen molar-refractivity contribution in [2.24, 2.45) is 0 Å². The minimum absolute atomic E-state index is 0.209. The third-order valence-electron chi connectivity index (χ3n) is 2.37. The lowest BCUT2D eigenvalue weighted by atomic mass is 10.5. The van der Waals surface area contributed by atoms with E-state index < -0.39 is 37.1 Å². The Kier molecular flexibility index (Phi) is 3.39. The Morgan fingerprint density at radius 2 is 1.22 bits per heavy atom. The van der Waals surface area contributed by atoms with Crippen LogP contribution in [0.3, 0.4) is 0 Å². The maximum Gasteiger partial charge on any atom is 0.453 e. The molecule has 0 heterocycles. The molecule has 1 aliphatic rings. The first-order chi connectivity index (χ1) is 7.86. The summed E-state index contributed by atoms with van der Waals surface area (Å²) in [5.41, 5.74) is 0. The molecule has 1 rings (SSSR count). The minimum atomic E-state index is -7.75. The maximum absolute atomic E-state index is 12.5.